The normalized spacial score (nSPS) is 17.1. The molecule has 3 amide bonds. The number of carbonyl (C=O) groups excluding carboxylic acids is 2. The van der Waals surface area contributed by atoms with E-state index >= 15 is 0 Å². The molecule has 0 aliphatic carbocycles. The molecular weight excluding hydrogens is 357 g/mol. The van der Waals surface area contributed by atoms with E-state index in [-0.39, 0.29) is 22.9 Å². The number of hydrogen-bond acceptors (Lipinski definition) is 4. The van der Waals surface area contributed by atoms with Crippen molar-refractivity contribution in [1.29, 1.82) is 0 Å². The molecule has 2 aromatic rings. The second-order valence-corrected chi connectivity index (χ2v) is 6.97. The molecular formula is C18H20FN3O3S. The van der Waals surface area contributed by atoms with Gasteiger partial charge in [0.1, 0.15) is 16.4 Å². The number of carbonyl (C=O) groups is 2. The zero-order chi connectivity index (χ0) is 18.7. The van der Waals surface area contributed by atoms with Gasteiger partial charge in [0.05, 0.1) is 7.11 Å². The first kappa shape index (κ1) is 18.2. The van der Waals surface area contributed by atoms with Crippen LogP contribution in [0.3, 0.4) is 0 Å². The van der Waals surface area contributed by atoms with Crippen LogP contribution in [0.2, 0.25) is 0 Å². The number of nitrogens with one attached hydrogen (secondary N) is 1. The molecule has 1 aliphatic heterocycles. The SMILES string of the molecule is COc1ccc(NC(=O)N2CCN(C(=O)c3sccc3F)CC2C)cc1. The first-order valence-corrected chi connectivity index (χ1v) is 9.11. The lowest BCUT2D eigenvalue weighted by Crippen LogP contribution is -2.56. The minimum absolute atomic E-state index is 0.119. The Balaban J connectivity index is 1.60. The van der Waals surface area contributed by atoms with Crippen LogP contribution in [-0.4, -0.2) is 54.5 Å². The summed E-state index contributed by atoms with van der Waals surface area (Å²) in [4.78, 5) is 28.3. The molecule has 8 heteroatoms. The third-order valence-electron chi connectivity index (χ3n) is 4.33. The molecule has 1 N–H and O–H groups in total. The van der Waals surface area contributed by atoms with Gasteiger partial charge >= 0.3 is 6.03 Å². The van der Waals surface area contributed by atoms with Gasteiger partial charge in [-0.25, -0.2) is 9.18 Å². The Labute approximate surface area is 155 Å². The van der Waals surface area contributed by atoms with Crippen molar-refractivity contribution < 1.29 is 18.7 Å². The fourth-order valence-corrected chi connectivity index (χ4v) is 3.64. The Morgan fingerprint density at radius 1 is 1.23 bits per heavy atom. The number of thiophene rings is 1. The van der Waals surface area contributed by atoms with E-state index in [9.17, 15) is 14.0 Å². The molecule has 1 unspecified atom stereocenters. The number of anilines is 1. The van der Waals surface area contributed by atoms with Crippen LogP contribution in [0, 0.1) is 5.82 Å². The van der Waals surface area contributed by atoms with Gasteiger partial charge in [0.15, 0.2) is 0 Å². The summed E-state index contributed by atoms with van der Waals surface area (Å²) in [5.41, 5.74) is 0.669. The molecule has 0 spiro atoms. The van der Waals surface area contributed by atoms with Gasteiger partial charge in [-0.1, -0.05) is 0 Å². The Hall–Kier alpha value is -2.61. The predicted octanol–water partition coefficient (Wildman–Crippen LogP) is 3.27. The number of nitrogens with zero attached hydrogens (tertiary/aromatic N) is 2. The first-order valence-electron chi connectivity index (χ1n) is 8.23. The molecule has 1 saturated heterocycles. The molecule has 1 aromatic heterocycles. The summed E-state index contributed by atoms with van der Waals surface area (Å²) >= 11 is 1.10. The average Bonchev–Trinajstić information content (AvgIpc) is 3.07. The number of halogens is 1. The van der Waals surface area contributed by atoms with Crippen LogP contribution in [-0.2, 0) is 0 Å². The van der Waals surface area contributed by atoms with Crippen molar-refractivity contribution in [3.8, 4) is 5.75 Å². The first-order chi connectivity index (χ1) is 12.5. The quantitative estimate of drug-likeness (QED) is 0.893. The van der Waals surface area contributed by atoms with Crippen molar-refractivity contribution in [2.45, 2.75) is 13.0 Å². The Kier molecular flexibility index (Phi) is 5.41. The number of piperazine rings is 1. The number of ether oxygens (including phenoxy) is 1. The van der Waals surface area contributed by atoms with Crippen molar-refractivity contribution in [3.05, 3.63) is 46.4 Å². The summed E-state index contributed by atoms with van der Waals surface area (Å²) in [5, 5.41) is 4.40. The van der Waals surface area contributed by atoms with Crippen LogP contribution < -0.4 is 10.1 Å². The van der Waals surface area contributed by atoms with Gasteiger partial charge < -0.3 is 19.9 Å². The van der Waals surface area contributed by atoms with Crippen molar-refractivity contribution in [1.82, 2.24) is 9.80 Å². The molecule has 0 radical (unpaired) electrons. The van der Waals surface area contributed by atoms with E-state index in [0.29, 0.717) is 31.1 Å². The van der Waals surface area contributed by atoms with Crippen LogP contribution in [0.1, 0.15) is 16.6 Å². The van der Waals surface area contributed by atoms with Gasteiger partial charge in [-0.05, 0) is 42.6 Å². The van der Waals surface area contributed by atoms with E-state index in [1.807, 2.05) is 6.92 Å². The van der Waals surface area contributed by atoms with Crippen LogP contribution in [0.25, 0.3) is 0 Å². The van der Waals surface area contributed by atoms with E-state index in [1.165, 1.54) is 6.07 Å². The standard InChI is InChI=1S/C18H20FN3O3S/c1-12-11-21(17(23)16-15(19)7-10-26-16)8-9-22(12)18(24)20-13-3-5-14(25-2)6-4-13/h3-7,10,12H,8-9,11H2,1-2H3,(H,20,24). The van der Waals surface area contributed by atoms with Gasteiger partial charge in [-0.2, -0.15) is 0 Å². The van der Waals surface area contributed by atoms with Crippen molar-refractivity contribution in [2.75, 3.05) is 32.1 Å². The molecule has 1 fully saturated rings. The van der Waals surface area contributed by atoms with Crippen LogP contribution in [0.15, 0.2) is 35.7 Å². The largest absolute Gasteiger partial charge is 0.497 e. The monoisotopic (exact) mass is 377 g/mol. The van der Waals surface area contributed by atoms with E-state index in [0.717, 1.165) is 11.3 Å². The second-order valence-electron chi connectivity index (χ2n) is 6.05. The van der Waals surface area contributed by atoms with Crippen molar-refractivity contribution >= 4 is 29.0 Å². The summed E-state index contributed by atoms with van der Waals surface area (Å²) in [7, 11) is 1.58. The smallest absolute Gasteiger partial charge is 0.322 e. The maximum Gasteiger partial charge on any atom is 0.322 e. The molecule has 0 saturated carbocycles. The van der Waals surface area contributed by atoms with E-state index in [1.54, 1.807) is 46.6 Å². The minimum Gasteiger partial charge on any atom is -0.497 e. The lowest BCUT2D eigenvalue weighted by atomic mass is 10.2. The maximum atomic E-state index is 13.6. The molecule has 26 heavy (non-hydrogen) atoms. The third-order valence-corrected chi connectivity index (χ3v) is 5.21. The van der Waals surface area contributed by atoms with Gasteiger partial charge in [-0.3, -0.25) is 4.79 Å². The third kappa shape index (κ3) is 3.80. The topological polar surface area (TPSA) is 61.9 Å². The average molecular weight is 377 g/mol. The molecule has 6 nitrogen and oxygen atoms in total. The highest BCUT2D eigenvalue weighted by atomic mass is 32.1. The highest BCUT2D eigenvalue weighted by Crippen LogP contribution is 2.21. The summed E-state index contributed by atoms with van der Waals surface area (Å²) in [5.74, 6) is -0.101. The van der Waals surface area contributed by atoms with Crippen molar-refractivity contribution in [2.24, 2.45) is 0 Å². The number of urea groups is 1. The summed E-state index contributed by atoms with van der Waals surface area (Å²) < 4.78 is 18.7. The molecule has 0 bridgehead atoms. The lowest BCUT2D eigenvalue weighted by molar-refractivity contribution is 0.0593. The molecule has 1 aromatic carbocycles. The summed E-state index contributed by atoms with van der Waals surface area (Å²) in [6.45, 7) is 3.00. The Morgan fingerprint density at radius 3 is 2.54 bits per heavy atom. The number of rotatable bonds is 3. The van der Waals surface area contributed by atoms with E-state index in [4.69, 9.17) is 4.74 Å². The van der Waals surface area contributed by atoms with Crippen LogP contribution >= 0.6 is 11.3 Å². The van der Waals surface area contributed by atoms with Gasteiger partial charge in [0.2, 0.25) is 0 Å². The van der Waals surface area contributed by atoms with E-state index < -0.39 is 5.82 Å². The number of methoxy groups -OCH3 is 1. The number of hydrogen-bond donors (Lipinski definition) is 1. The summed E-state index contributed by atoms with van der Waals surface area (Å²) in [6, 6.07) is 7.96. The zero-order valence-electron chi connectivity index (χ0n) is 14.6. The predicted molar refractivity (Wildman–Crippen MR) is 98.4 cm³/mol. The molecule has 1 atom stereocenters. The maximum absolute atomic E-state index is 13.6. The van der Waals surface area contributed by atoms with Crippen LogP contribution in [0.4, 0.5) is 14.9 Å². The highest BCUT2D eigenvalue weighted by Gasteiger charge is 2.31. The molecule has 3 rings (SSSR count). The van der Waals surface area contributed by atoms with Gasteiger partial charge in [-0.15, -0.1) is 11.3 Å². The Morgan fingerprint density at radius 2 is 1.96 bits per heavy atom. The lowest BCUT2D eigenvalue weighted by Gasteiger charge is -2.39. The molecule has 138 valence electrons. The number of benzene rings is 1. The molecule has 2 heterocycles. The summed E-state index contributed by atoms with van der Waals surface area (Å²) in [6.07, 6.45) is 0. The Bertz CT molecular complexity index is 793. The van der Waals surface area contributed by atoms with Gasteiger partial charge in [0.25, 0.3) is 5.91 Å². The highest BCUT2D eigenvalue weighted by molar-refractivity contribution is 7.12. The van der Waals surface area contributed by atoms with E-state index in [2.05, 4.69) is 5.32 Å². The minimum atomic E-state index is -0.493. The fraction of sp³-hybridized carbons (Fsp3) is 0.333. The molecule has 1 aliphatic rings. The second kappa shape index (κ2) is 7.74. The van der Waals surface area contributed by atoms with Gasteiger partial charge in [0, 0.05) is 31.4 Å². The number of amides is 3. The zero-order valence-corrected chi connectivity index (χ0v) is 15.4. The van der Waals surface area contributed by atoms with Crippen LogP contribution in [0.5, 0.6) is 5.75 Å². The van der Waals surface area contributed by atoms with Crippen molar-refractivity contribution in [3.63, 3.8) is 0 Å². The fourth-order valence-electron chi connectivity index (χ4n) is 2.90.